The molecule has 29 heteroatoms. The van der Waals surface area contributed by atoms with Crippen LogP contribution in [0.2, 0.25) is 0 Å². The highest BCUT2D eigenvalue weighted by molar-refractivity contribution is 5.97. The maximum absolute atomic E-state index is 12.9. The number of carbonyl (C=O) groups is 12. The van der Waals surface area contributed by atoms with Crippen LogP contribution in [-0.2, 0) is 63.4 Å². The maximum Gasteiger partial charge on any atom is 0.513 e. The van der Waals surface area contributed by atoms with Gasteiger partial charge in [0.2, 0.25) is 6.29 Å². The van der Waals surface area contributed by atoms with Gasteiger partial charge in [-0.3, -0.25) is 9.59 Å². The summed E-state index contributed by atoms with van der Waals surface area (Å²) in [6, 6.07) is 64.6. The lowest BCUT2D eigenvalue weighted by Gasteiger charge is -2.17. The molecular formula is C101H99NO28. The molecule has 2 heterocycles. The van der Waals surface area contributed by atoms with E-state index in [9.17, 15) is 57.5 Å². The predicted molar refractivity (Wildman–Crippen MR) is 473 cm³/mol. The summed E-state index contributed by atoms with van der Waals surface area (Å²) in [5.41, 5.74) is 5.41. The molecule has 2 aliphatic heterocycles. The summed E-state index contributed by atoms with van der Waals surface area (Å²) in [5.74, 6) is -2.69. The summed E-state index contributed by atoms with van der Waals surface area (Å²) in [4.78, 5) is 144. The van der Waals surface area contributed by atoms with Gasteiger partial charge in [0.25, 0.3) is 5.91 Å². The molecule has 0 bridgehead atoms. The zero-order chi connectivity index (χ0) is 92.5. The predicted octanol–water partition coefficient (Wildman–Crippen LogP) is 18.2. The maximum atomic E-state index is 12.9. The first kappa shape index (κ1) is 97.1. The first-order valence-corrected chi connectivity index (χ1v) is 42.1. The van der Waals surface area contributed by atoms with E-state index in [2.05, 4.69) is 47.5 Å². The second kappa shape index (κ2) is 50.9. The Morgan fingerprint density at radius 3 is 1.22 bits per heavy atom. The molecule has 2 aliphatic rings. The molecule has 130 heavy (non-hydrogen) atoms. The lowest BCUT2D eigenvalue weighted by Crippen LogP contribution is -2.26. The zero-order valence-corrected chi connectivity index (χ0v) is 72.1. The number of unbranched alkanes of at least 4 members (excludes halogenated alkanes) is 6. The van der Waals surface area contributed by atoms with Crippen LogP contribution < -0.4 is 38.5 Å². The number of nitrogens with one attached hydrogen (secondary N) is 1. The highest BCUT2D eigenvalue weighted by atomic mass is 16.7. The quantitative estimate of drug-likeness (QED) is 0.00933. The van der Waals surface area contributed by atoms with E-state index in [4.69, 9.17) is 71.1 Å². The van der Waals surface area contributed by atoms with Gasteiger partial charge >= 0.3 is 66.0 Å². The van der Waals surface area contributed by atoms with Crippen molar-refractivity contribution in [2.45, 2.75) is 116 Å². The molecule has 12 rings (SSSR count). The van der Waals surface area contributed by atoms with Crippen LogP contribution in [0.3, 0.4) is 0 Å². The molecule has 0 aromatic heterocycles. The molecule has 10 aromatic carbocycles. The molecule has 2 fully saturated rings. The van der Waals surface area contributed by atoms with Crippen LogP contribution in [0.5, 0.6) is 40.2 Å². The number of benzene rings is 10. The normalized spacial score (nSPS) is 14.0. The van der Waals surface area contributed by atoms with Gasteiger partial charge in [0, 0.05) is 36.5 Å². The number of carbonyl (C=O) groups excluding carboxylic acids is 12. The third kappa shape index (κ3) is 31.5. The molecule has 0 spiro atoms. The van der Waals surface area contributed by atoms with E-state index >= 15 is 0 Å². The zero-order valence-electron chi connectivity index (χ0n) is 72.1. The minimum absolute atomic E-state index is 0.0652. The second-order valence-electron chi connectivity index (χ2n) is 29.4. The highest BCUT2D eigenvalue weighted by Gasteiger charge is 2.45. The van der Waals surface area contributed by atoms with E-state index in [1.165, 1.54) is 153 Å². The first-order valence-electron chi connectivity index (χ1n) is 42.1. The molecular weight excluding hydrogens is 1680 g/mol. The monoisotopic (exact) mass is 1770 g/mol. The topological polar surface area (TPSA) is 365 Å². The summed E-state index contributed by atoms with van der Waals surface area (Å²) >= 11 is 0. The number of methoxy groups -OCH3 is 1. The number of amides is 1. The number of hydrogen-bond donors (Lipinski definition) is 1. The minimum Gasteiger partial charge on any atom is -0.490 e. The molecule has 0 saturated carbocycles. The Kier molecular flexibility index (Phi) is 38.0. The van der Waals surface area contributed by atoms with E-state index in [1.807, 2.05) is 80.6 Å². The Labute approximate surface area is 750 Å². The van der Waals surface area contributed by atoms with Gasteiger partial charge in [0.1, 0.15) is 53.5 Å². The molecule has 2 unspecified atom stereocenters. The summed E-state index contributed by atoms with van der Waals surface area (Å²) in [6.45, 7) is 14.6. The molecule has 0 aliphatic carbocycles. The summed E-state index contributed by atoms with van der Waals surface area (Å²) in [7, 11) is 1.27. The molecule has 5 atom stereocenters. The number of rotatable bonds is 39. The Morgan fingerprint density at radius 1 is 0.408 bits per heavy atom. The summed E-state index contributed by atoms with van der Waals surface area (Å²) in [5, 5.41) is 5.44. The van der Waals surface area contributed by atoms with Gasteiger partial charge in [-0.1, -0.05) is 93.7 Å². The number of fused-ring (bicyclic) bond motifs is 2. The van der Waals surface area contributed by atoms with Crippen LogP contribution in [-0.4, -0.2) is 144 Å². The van der Waals surface area contributed by atoms with Crippen molar-refractivity contribution in [1.82, 2.24) is 5.32 Å². The largest absolute Gasteiger partial charge is 0.513 e. The van der Waals surface area contributed by atoms with Crippen LogP contribution in [0.1, 0.15) is 180 Å². The molecule has 1 N–H and O–H groups in total. The van der Waals surface area contributed by atoms with Gasteiger partial charge in [-0.2, -0.15) is 0 Å². The molecule has 0 radical (unpaired) electrons. The van der Waals surface area contributed by atoms with E-state index in [0.717, 1.165) is 78.1 Å². The van der Waals surface area contributed by atoms with Crippen molar-refractivity contribution in [3.63, 3.8) is 0 Å². The number of esters is 9. The lowest BCUT2D eigenvalue weighted by atomic mass is 9.99. The molecule has 2 saturated heterocycles. The first-order chi connectivity index (χ1) is 63.0. The Hall–Kier alpha value is -15.1. The fraction of sp³-hybridized carbons (Fsp3) is 0.267. The van der Waals surface area contributed by atoms with Crippen molar-refractivity contribution < 1.29 is 133 Å². The van der Waals surface area contributed by atoms with Crippen molar-refractivity contribution >= 4 is 82.7 Å². The van der Waals surface area contributed by atoms with Crippen molar-refractivity contribution in [3.05, 3.63) is 318 Å². The van der Waals surface area contributed by atoms with Crippen LogP contribution in [0, 0.1) is 5.92 Å². The van der Waals surface area contributed by atoms with Crippen LogP contribution in [0.4, 0.5) is 9.59 Å². The van der Waals surface area contributed by atoms with Gasteiger partial charge in [-0.25, -0.2) is 47.9 Å². The molecule has 676 valence electrons. The fourth-order valence-corrected chi connectivity index (χ4v) is 12.9. The number of ether oxygens (including phenoxy) is 16. The van der Waals surface area contributed by atoms with Crippen molar-refractivity contribution in [2.75, 3.05) is 53.4 Å². The van der Waals surface area contributed by atoms with Crippen molar-refractivity contribution in [2.24, 2.45) is 5.92 Å². The summed E-state index contributed by atoms with van der Waals surface area (Å²) < 4.78 is 83.8. The van der Waals surface area contributed by atoms with Gasteiger partial charge in [0.05, 0.1) is 91.8 Å². The lowest BCUT2D eigenvalue weighted by molar-refractivity contribution is -0.143. The Bertz CT molecular complexity index is 5480. The SMILES string of the molecule is C=CC(=O)OCCCCCCOC(=O)Oc1ccc(C(=O)Oc2ccc(C(=O)Oc3ccc(C(=O)OC)cc3)cc2)cc1.C=CC(=O)OCCOc1ccc(Cc2ccc(C(=O)N[C@@H](C)c3cccc4ccccc34)cc2)cc1.CCC(=O)OCCCCCCOC(=O)Oc1ccc(C(=O)Oc2ccc(C(=O)Oc3ccc(C(=O)O[C@@H]4CC5OC[C@@H](C)C5O4)cc3)cc2)cc1. The van der Waals surface area contributed by atoms with E-state index in [0.29, 0.717) is 68.8 Å². The minimum atomic E-state index is -0.868. The average Bonchev–Trinajstić information content (AvgIpc) is 1.68. The standard InChI is InChI=1S/C38H40O13.C32H30O11.C31H29NO4/c1-3-32(39)44-20-6-4-5-7-21-45-38(43)49-30-18-12-26(13-19-30)36(41)47-28-14-8-25(9-15-28)35(40)48-29-16-10-27(11-17-29)37(42)51-33-22-31-34(50-33)24(2)23-46-31;1-3-28(33)39-20-6-4-5-7-21-40-32(37)43-27-18-12-24(13-19-27)31(36)42-26-16-10-23(11-17-26)30(35)41-25-14-8-22(9-15-25)29(34)38-2;1-3-30(33)36-20-19-35-27-17-13-24(14-18-27)21-23-11-15-26(16-12-23)31(34)32-22(2)28-10-6-8-25-7-4-5-9-29(25)28/h8-19,24,31,33-34H,3-7,20-23H2,1-2H3;3,8-19H,1,4-7,20-21H2,2H3;3-18,22H,1,19-21H2,2H3,(H,32,34)/t24-,31?,33-,34?;;22-/m1.0/s1. The average molecular weight is 1770 g/mol. The van der Waals surface area contributed by atoms with Gasteiger partial charge in [-0.05, 0) is 262 Å². The highest BCUT2D eigenvalue weighted by Crippen LogP contribution is 2.36. The number of hydrogen-bond acceptors (Lipinski definition) is 28. The van der Waals surface area contributed by atoms with Gasteiger partial charge < -0.3 is 81.1 Å². The smallest absolute Gasteiger partial charge is 0.490 e. The van der Waals surface area contributed by atoms with E-state index in [1.54, 1.807) is 6.92 Å². The Morgan fingerprint density at radius 2 is 0.785 bits per heavy atom. The molecule has 1 amide bonds. The third-order valence-electron chi connectivity index (χ3n) is 19.9. The van der Waals surface area contributed by atoms with Gasteiger partial charge in [0.15, 0.2) is 0 Å². The fourth-order valence-electron chi connectivity index (χ4n) is 12.9. The third-order valence-corrected chi connectivity index (χ3v) is 19.9. The van der Waals surface area contributed by atoms with Crippen LogP contribution in [0.15, 0.2) is 262 Å². The van der Waals surface area contributed by atoms with Crippen LogP contribution in [0.25, 0.3) is 10.8 Å². The van der Waals surface area contributed by atoms with E-state index in [-0.39, 0.29) is 125 Å². The van der Waals surface area contributed by atoms with Gasteiger partial charge in [-0.15, -0.1) is 0 Å². The van der Waals surface area contributed by atoms with Crippen molar-refractivity contribution in [3.8, 4) is 40.2 Å². The van der Waals surface area contributed by atoms with E-state index < -0.39 is 66.4 Å². The van der Waals surface area contributed by atoms with Crippen LogP contribution >= 0.6 is 0 Å². The summed E-state index contributed by atoms with van der Waals surface area (Å²) in [6.07, 6.45) is 7.27. The second-order valence-corrected chi connectivity index (χ2v) is 29.4. The molecule has 10 aromatic rings. The Balaban J connectivity index is 0.000000206. The van der Waals surface area contributed by atoms with Crippen molar-refractivity contribution in [1.29, 1.82) is 0 Å². The molecule has 29 nitrogen and oxygen atoms in total.